The largest absolute Gasteiger partial charge is 0.329 e. The van der Waals surface area contributed by atoms with Crippen molar-refractivity contribution in [1.29, 1.82) is 0 Å². The number of benzene rings is 1. The highest BCUT2D eigenvalue weighted by atomic mass is 15.1. The normalized spacial score (nSPS) is 13.2. The van der Waals surface area contributed by atoms with Crippen LogP contribution in [0.4, 0.5) is 0 Å². The van der Waals surface area contributed by atoms with Crippen molar-refractivity contribution in [2.24, 2.45) is 0 Å². The first-order valence-corrected chi connectivity index (χ1v) is 6.27. The molecule has 92 valence electrons. The highest BCUT2D eigenvalue weighted by molar-refractivity contribution is 5.77. The van der Waals surface area contributed by atoms with Crippen molar-refractivity contribution < 1.29 is 0 Å². The van der Waals surface area contributed by atoms with Crippen LogP contribution >= 0.6 is 0 Å². The Morgan fingerprint density at radius 1 is 1.29 bits per heavy atom. The molecule has 3 heteroatoms. The Bertz CT molecular complexity index is 513. The summed E-state index contributed by atoms with van der Waals surface area (Å²) < 4.78 is 2.23. The Labute approximate surface area is 103 Å². The maximum atomic E-state index is 4.47. The minimum Gasteiger partial charge on any atom is -0.329 e. The fourth-order valence-electron chi connectivity index (χ4n) is 2.17. The van der Waals surface area contributed by atoms with Gasteiger partial charge < -0.3 is 9.88 Å². The van der Waals surface area contributed by atoms with Crippen LogP contribution in [0.1, 0.15) is 25.0 Å². The summed E-state index contributed by atoms with van der Waals surface area (Å²) >= 11 is 0. The van der Waals surface area contributed by atoms with Gasteiger partial charge in [-0.25, -0.2) is 4.98 Å². The number of likely N-dealkylation sites (N-methyl/N-ethyl adjacent to an activating group) is 1. The van der Waals surface area contributed by atoms with Crippen molar-refractivity contribution in [2.45, 2.75) is 40.3 Å². The molecule has 0 amide bonds. The van der Waals surface area contributed by atoms with Gasteiger partial charge in [0.1, 0.15) is 0 Å². The SMILES string of the molecule is CCNC(C)Cn1cnc2cc(C)c(C)cc21. The molecule has 2 rings (SSSR count). The average molecular weight is 231 g/mol. The highest BCUT2D eigenvalue weighted by Crippen LogP contribution is 2.18. The standard InChI is InChI=1S/C14H21N3/c1-5-15-12(4)8-17-9-16-13-6-10(2)11(3)7-14(13)17/h6-7,9,12,15H,5,8H2,1-4H3. The zero-order chi connectivity index (χ0) is 12.4. The van der Waals surface area contributed by atoms with Crippen LogP contribution in [0.5, 0.6) is 0 Å². The highest BCUT2D eigenvalue weighted by Gasteiger charge is 2.07. The van der Waals surface area contributed by atoms with Crippen LogP contribution in [0.3, 0.4) is 0 Å². The van der Waals surface area contributed by atoms with Gasteiger partial charge in [-0.1, -0.05) is 6.92 Å². The molecule has 0 aliphatic rings. The second kappa shape index (κ2) is 4.88. The number of fused-ring (bicyclic) bond motifs is 1. The molecular formula is C14H21N3. The van der Waals surface area contributed by atoms with Gasteiger partial charge >= 0.3 is 0 Å². The third-order valence-corrected chi connectivity index (χ3v) is 3.26. The van der Waals surface area contributed by atoms with Gasteiger partial charge in [-0.15, -0.1) is 0 Å². The second-order valence-electron chi connectivity index (χ2n) is 4.78. The third kappa shape index (κ3) is 2.50. The van der Waals surface area contributed by atoms with Gasteiger partial charge in [-0.05, 0) is 50.6 Å². The molecule has 2 aromatic rings. The first-order valence-electron chi connectivity index (χ1n) is 6.27. The molecule has 1 atom stereocenters. The monoisotopic (exact) mass is 231 g/mol. The first-order chi connectivity index (χ1) is 8.11. The Kier molecular flexibility index (Phi) is 3.48. The molecule has 0 saturated carbocycles. The zero-order valence-corrected chi connectivity index (χ0v) is 11.1. The first kappa shape index (κ1) is 12.1. The smallest absolute Gasteiger partial charge is 0.0958 e. The number of aromatic nitrogens is 2. The van der Waals surface area contributed by atoms with Crippen LogP contribution in [0.2, 0.25) is 0 Å². The lowest BCUT2D eigenvalue weighted by Crippen LogP contribution is -2.29. The van der Waals surface area contributed by atoms with Gasteiger partial charge in [0.2, 0.25) is 0 Å². The Balaban J connectivity index is 2.32. The lowest BCUT2D eigenvalue weighted by molar-refractivity contribution is 0.496. The Morgan fingerprint density at radius 3 is 2.71 bits per heavy atom. The van der Waals surface area contributed by atoms with Crippen LogP contribution < -0.4 is 5.32 Å². The molecule has 0 aliphatic heterocycles. The predicted octanol–water partition coefficient (Wildman–Crippen LogP) is 2.65. The quantitative estimate of drug-likeness (QED) is 0.876. The van der Waals surface area contributed by atoms with Crippen molar-refractivity contribution in [3.8, 4) is 0 Å². The van der Waals surface area contributed by atoms with Crippen molar-refractivity contribution in [1.82, 2.24) is 14.9 Å². The van der Waals surface area contributed by atoms with Gasteiger partial charge in [-0.2, -0.15) is 0 Å². The molecule has 1 aromatic heterocycles. The molecule has 0 saturated heterocycles. The molecule has 0 fully saturated rings. The maximum Gasteiger partial charge on any atom is 0.0958 e. The van der Waals surface area contributed by atoms with Crippen molar-refractivity contribution in [3.63, 3.8) is 0 Å². The van der Waals surface area contributed by atoms with E-state index in [0.29, 0.717) is 6.04 Å². The van der Waals surface area contributed by atoms with Gasteiger partial charge in [0.25, 0.3) is 0 Å². The summed E-state index contributed by atoms with van der Waals surface area (Å²) in [6.07, 6.45) is 1.94. The van der Waals surface area contributed by atoms with Gasteiger partial charge in [-0.3, -0.25) is 0 Å². The Hall–Kier alpha value is -1.35. The number of rotatable bonds is 4. The van der Waals surface area contributed by atoms with E-state index < -0.39 is 0 Å². The number of hydrogen-bond acceptors (Lipinski definition) is 2. The summed E-state index contributed by atoms with van der Waals surface area (Å²) in [5.41, 5.74) is 4.97. The number of hydrogen-bond donors (Lipinski definition) is 1. The van der Waals surface area contributed by atoms with E-state index in [9.17, 15) is 0 Å². The van der Waals surface area contributed by atoms with E-state index in [1.54, 1.807) is 0 Å². The number of nitrogens with zero attached hydrogens (tertiary/aromatic N) is 2. The van der Waals surface area contributed by atoms with Crippen LogP contribution in [-0.2, 0) is 6.54 Å². The molecule has 3 nitrogen and oxygen atoms in total. The molecule has 0 aliphatic carbocycles. The summed E-state index contributed by atoms with van der Waals surface area (Å²) in [6.45, 7) is 10.6. The summed E-state index contributed by atoms with van der Waals surface area (Å²) in [5, 5.41) is 3.43. The minimum atomic E-state index is 0.471. The van der Waals surface area contributed by atoms with E-state index in [1.165, 1.54) is 16.6 Å². The van der Waals surface area contributed by atoms with Crippen LogP contribution in [0.15, 0.2) is 18.5 Å². The van der Waals surface area contributed by atoms with Crippen LogP contribution in [0, 0.1) is 13.8 Å². The lowest BCUT2D eigenvalue weighted by Gasteiger charge is -2.13. The molecular weight excluding hydrogens is 210 g/mol. The predicted molar refractivity (Wildman–Crippen MR) is 72.3 cm³/mol. The zero-order valence-electron chi connectivity index (χ0n) is 11.1. The van der Waals surface area contributed by atoms with Gasteiger partial charge in [0.05, 0.1) is 17.4 Å². The van der Waals surface area contributed by atoms with E-state index in [0.717, 1.165) is 18.6 Å². The molecule has 1 heterocycles. The third-order valence-electron chi connectivity index (χ3n) is 3.26. The number of aryl methyl sites for hydroxylation is 2. The number of imidazole rings is 1. The lowest BCUT2D eigenvalue weighted by atomic mass is 10.1. The number of nitrogens with one attached hydrogen (secondary N) is 1. The summed E-state index contributed by atoms with van der Waals surface area (Å²) in [7, 11) is 0. The molecule has 0 radical (unpaired) electrons. The summed E-state index contributed by atoms with van der Waals surface area (Å²) in [4.78, 5) is 4.47. The fourth-order valence-corrected chi connectivity index (χ4v) is 2.17. The van der Waals surface area contributed by atoms with E-state index in [-0.39, 0.29) is 0 Å². The van der Waals surface area contributed by atoms with Crippen molar-refractivity contribution in [3.05, 3.63) is 29.6 Å². The summed E-state index contributed by atoms with van der Waals surface area (Å²) in [6, 6.07) is 4.87. The van der Waals surface area contributed by atoms with E-state index in [2.05, 4.69) is 54.7 Å². The topological polar surface area (TPSA) is 29.9 Å². The molecule has 1 aromatic carbocycles. The molecule has 0 spiro atoms. The van der Waals surface area contributed by atoms with Crippen LogP contribution in [-0.4, -0.2) is 22.1 Å². The van der Waals surface area contributed by atoms with Crippen molar-refractivity contribution >= 4 is 11.0 Å². The van der Waals surface area contributed by atoms with Crippen molar-refractivity contribution in [2.75, 3.05) is 6.54 Å². The van der Waals surface area contributed by atoms with E-state index in [1.807, 2.05) is 6.33 Å². The van der Waals surface area contributed by atoms with Gasteiger partial charge in [0.15, 0.2) is 0 Å². The van der Waals surface area contributed by atoms with Crippen LogP contribution in [0.25, 0.3) is 11.0 Å². The molecule has 1 unspecified atom stereocenters. The van der Waals surface area contributed by atoms with E-state index in [4.69, 9.17) is 0 Å². The molecule has 0 bridgehead atoms. The fraction of sp³-hybridized carbons (Fsp3) is 0.500. The minimum absolute atomic E-state index is 0.471. The van der Waals surface area contributed by atoms with Gasteiger partial charge in [0, 0.05) is 12.6 Å². The summed E-state index contributed by atoms with van der Waals surface area (Å²) in [5.74, 6) is 0. The van der Waals surface area contributed by atoms with E-state index >= 15 is 0 Å². The maximum absolute atomic E-state index is 4.47. The average Bonchev–Trinajstić information content (AvgIpc) is 2.63. The second-order valence-corrected chi connectivity index (χ2v) is 4.78. The molecule has 1 N–H and O–H groups in total. The molecule has 17 heavy (non-hydrogen) atoms. The Morgan fingerprint density at radius 2 is 2.00 bits per heavy atom.